The summed E-state index contributed by atoms with van der Waals surface area (Å²) < 4.78 is 0. The van der Waals surface area contributed by atoms with Gasteiger partial charge in [-0.05, 0) is 62.3 Å². The molecule has 1 unspecified atom stereocenters. The van der Waals surface area contributed by atoms with E-state index in [0.29, 0.717) is 12.0 Å². The number of fused-ring (bicyclic) bond motifs is 1. The van der Waals surface area contributed by atoms with Crippen LogP contribution in [0.25, 0.3) is 0 Å². The molecule has 2 N–H and O–H groups in total. The summed E-state index contributed by atoms with van der Waals surface area (Å²) in [6.45, 7) is 3.62. The van der Waals surface area contributed by atoms with Crippen molar-refractivity contribution in [1.29, 1.82) is 0 Å². The minimum Gasteiger partial charge on any atom is -0.481 e. The van der Waals surface area contributed by atoms with E-state index in [1.165, 1.54) is 24.0 Å². The van der Waals surface area contributed by atoms with Gasteiger partial charge in [0.25, 0.3) is 5.91 Å². The molecule has 0 radical (unpaired) electrons. The highest BCUT2D eigenvalue weighted by Crippen LogP contribution is 2.23. The third-order valence-electron chi connectivity index (χ3n) is 4.55. The minimum absolute atomic E-state index is 0.148. The fourth-order valence-corrected chi connectivity index (χ4v) is 2.60. The predicted octanol–water partition coefficient (Wildman–Crippen LogP) is 2.80. The molecule has 114 valence electrons. The van der Waals surface area contributed by atoms with Gasteiger partial charge in [0.1, 0.15) is 0 Å². The maximum absolute atomic E-state index is 12.2. The van der Waals surface area contributed by atoms with Gasteiger partial charge in [-0.15, -0.1) is 0 Å². The average Bonchev–Trinajstić information content (AvgIpc) is 2.51. The summed E-state index contributed by atoms with van der Waals surface area (Å²) in [5.41, 5.74) is 2.30. The van der Waals surface area contributed by atoms with Gasteiger partial charge in [0.05, 0.1) is 5.41 Å². The van der Waals surface area contributed by atoms with Gasteiger partial charge >= 0.3 is 5.97 Å². The lowest BCUT2D eigenvalue weighted by Crippen LogP contribution is -2.40. The third-order valence-corrected chi connectivity index (χ3v) is 4.55. The van der Waals surface area contributed by atoms with Gasteiger partial charge in [-0.1, -0.05) is 13.0 Å². The molecule has 1 aliphatic rings. The Hall–Kier alpha value is -1.84. The lowest BCUT2D eigenvalue weighted by atomic mass is 9.87. The highest BCUT2D eigenvalue weighted by atomic mass is 16.4. The van der Waals surface area contributed by atoms with E-state index in [-0.39, 0.29) is 12.5 Å². The van der Waals surface area contributed by atoms with Gasteiger partial charge in [-0.25, -0.2) is 0 Å². The number of carbonyl (C=O) groups excluding carboxylic acids is 1. The molecule has 1 aliphatic carbocycles. The largest absolute Gasteiger partial charge is 0.481 e. The van der Waals surface area contributed by atoms with E-state index in [9.17, 15) is 14.7 Å². The molecule has 21 heavy (non-hydrogen) atoms. The monoisotopic (exact) mass is 289 g/mol. The summed E-state index contributed by atoms with van der Waals surface area (Å²) in [5, 5.41) is 12.0. The first kappa shape index (κ1) is 15.5. The van der Waals surface area contributed by atoms with Crippen molar-refractivity contribution in [3.63, 3.8) is 0 Å². The lowest BCUT2D eigenvalue weighted by Gasteiger charge is -2.23. The molecule has 0 heterocycles. The zero-order valence-corrected chi connectivity index (χ0v) is 12.7. The van der Waals surface area contributed by atoms with Crippen LogP contribution >= 0.6 is 0 Å². The Morgan fingerprint density at radius 3 is 2.52 bits per heavy atom. The average molecular weight is 289 g/mol. The van der Waals surface area contributed by atoms with E-state index in [2.05, 4.69) is 5.32 Å². The van der Waals surface area contributed by atoms with Gasteiger partial charge < -0.3 is 10.4 Å². The molecule has 1 aromatic carbocycles. The van der Waals surface area contributed by atoms with E-state index in [4.69, 9.17) is 0 Å². The van der Waals surface area contributed by atoms with Crippen LogP contribution in [0.15, 0.2) is 18.2 Å². The molecule has 0 aliphatic heterocycles. The Balaban J connectivity index is 2.05. The van der Waals surface area contributed by atoms with Crippen molar-refractivity contribution < 1.29 is 14.7 Å². The summed E-state index contributed by atoms with van der Waals surface area (Å²) in [6.07, 6.45) is 4.98. The predicted molar refractivity (Wildman–Crippen MR) is 81.5 cm³/mol. The molecule has 0 saturated carbocycles. The Bertz CT molecular complexity index is 553. The summed E-state index contributed by atoms with van der Waals surface area (Å²) in [4.78, 5) is 23.5. The van der Waals surface area contributed by atoms with Crippen molar-refractivity contribution in [1.82, 2.24) is 5.32 Å². The van der Waals surface area contributed by atoms with Crippen molar-refractivity contribution in [3.05, 3.63) is 34.9 Å². The smallest absolute Gasteiger partial charge is 0.311 e. The fourth-order valence-electron chi connectivity index (χ4n) is 2.60. The zero-order valence-electron chi connectivity index (χ0n) is 12.7. The number of carbonyl (C=O) groups is 2. The molecule has 2 rings (SSSR count). The number of aliphatic carboxylic acids is 1. The van der Waals surface area contributed by atoms with Crippen LogP contribution < -0.4 is 5.32 Å². The van der Waals surface area contributed by atoms with Crippen molar-refractivity contribution in [3.8, 4) is 0 Å². The maximum Gasteiger partial charge on any atom is 0.311 e. The Morgan fingerprint density at radius 2 is 1.90 bits per heavy atom. The van der Waals surface area contributed by atoms with E-state index in [0.717, 1.165) is 12.8 Å². The number of carboxylic acids is 1. The molecular formula is C17H23NO3. The number of nitrogens with one attached hydrogen (secondary N) is 1. The topological polar surface area (TPSA) is 66.4 Å². The molecule has 1 aromatic rings. The number of carboxylic acid groups (broad SMARTS) is 1. The SMILES string of the molecule is CCC(C)(CNC(=O)c1ccc2c(c1)CCCC2)C(=O)O. The van der Waals surface area contributed by atoms with Crippen LogP contribution in [-0.2, 0) is 17.6 Å². The molecule has 1 amide bonds. The van der Waals surface area contributed by atoms with E-state index < -0.39 is 11.4 Å². The number of amides is 1. The first-order valence-corrected chi connectivity index (χ1v) is 7.59. The zero-order chi connectivity index (χ0) is 15.5. The first-order chi connectivity index (χ1) is 9.96. The second kappa shape index (κ2) is 6.29. The van der Waals surface area contributed by atoms with E-state index in [1.807, 2.05) is 25.1 Å². The molecule has 0 aromatic heterocycles. The molecule has 4 heteroatoms. The summed E-state index contributed by atoms with van der Waals surface area (Å²) in [5.74, 6) is -1.07. The number of rotatable bonds is 5. The van der Waals surface area contributed by atoms with E-state index >= 15 is 0 Å². The lowest BCUT2D eigenvalue weighted by molar-refractivity contribution is -0.147. The normalized spacial score (nSPS) is 16.7. The molecule has 1 atom stereocenters. The number of hydrogen-bond donors (Lipinski definition) is 2. The standard InChI is InChI=1S/C17H23NO3/c1-3-17(2,16(20)21)11-18-15(19)14-9-8-12-6-4-5-7-13(12)10-14/h8-10H,3-7,11H2,1-2H3,(H,18,19)(H,20,21). The molecular weight excluding hydrogens is 266 g/mol. The number of hydrogen-bond acceptors (Lipinski definition) is 2. The Labute approximate surface area is 125 Å². The van der Waals surface area contributed by atoms with Gasteiger partial charge in [0.15, 0.2) is 0 Å². The van der Waals surface area contributed by atoms with Crippen LogP contribution in [0.3, 0.4) is 0 Å². The molecule has 0 saturated heterocycles. The van der Waals surface area contributed by atoms with Crippen LogP contribution in [-0.4, -0.2) is 23.5 Å². The quantitative estimate of drug-likeness (QED) is 0.876. The highest BCUT2D eigenvalue weighted by molar-refractivity contribution is 5.94. The maximum atomic E-state index is 12.2. The molecule has 0 fully saturated rings. The Kier molecular flexibility index (Phi) is 4.66. The molecule has 0 bridgehead atoms. The van der Waals surface area contributed by atoms with E-state index in [1.54, 1.807) is 6.92 Å². The fraction of sp³-hybridized carbons (Fsp3) is 0.529. The Morgan fingerprint density at radius 1 is 1.24 bits per heavy atom. The van der Waals surface area contributed by atoms with Crippen molar-refractivity contribution in [2.75, 3.05) is 6.54 Å². The summed E-state index contributed by atoms with van der Waals surface area (Å²) in [6, 6.07) is 5.82. The number of benzene rings is 1. The number of aryl methyl sites for hydroxylation is 2. The van der Waals surface area contributed by atoms with Crippen LogP contribution in [0.5, 0.6) is 0 Å². The van der Waals surface area contributed by atoms with Crippen LogP contribution in [0.1, 0.15) is 54.6 Å². The van der Waals surface area contributed by atoms with Gasteiger partial charge in [-0.3, -0.25) is 9.59 Å². The summed E-state index contributed by atoms with van der Waals surface area (Å²) >= 11 is 0. The van der Waals surface area contributed by atoms with Gasteiger partial charge in [0.2, 0.25) is 0 Å². The highest BCUT2D eigenvalue weighted by Gasteiger charge is 2.31. The van der Waals surface area contributed by atoms with Gasteiger partial charge in [-0.2, -0.15) is 0 Å². The third kappa shape index (κ3) is 3.43. The first-order valence-electron chi connectivity index (χ1n) is 7.59. The molecule has 4 nitrogen and oxygen atoms in total. The minimum atomic E-state index is -0.913. The molecule has 0 spiro atoms. The van der Waals surface area contributed by atoms with Crippen molar-refractivity contribution in [2.45, 2.75) is 46.0 Å². The van der Waals surface area contributed by atoms with Crippen molar-refractivity contribution >= 4 is 11.9 Å². The van der Waals surface area contributed by atoms with Crippen LogP contribution in [0, 0.1) is 5.41 Å². The summed E-state index contributed by atoms with van der Waals surface area (Å²) in [7, 11) is 0. The van der Waals surface area contributed by atoms with Gasteiger partial charge in [0, 0.05) is 12.1 Å². The van der Waals surface area contributed by atoms with Crippen LogP contribution in [0.4, 0.5) is 0 Å². The van der Waals surface area contributed by atoms with Crippen molar-refractivity contribution in [2.24, 2.45) is 5.41 Å². The second-order valence-corrected chi connectivity index (χ2v) is 6.09. The van der Waals surface area contributed by atoms with Crippen LogP contribution in [0.2, 0.25) is 0 Å². The second-order valence-electron chi connectivity index (χ2n) is 6.09.